The fourth-order valence-electron chi connectivity index (χ4n) is 3.76. The van der Waals surface area contributed by atoms with Crippen LogP contribution in [0, 0.1) is 34.6 Å². The fourth-order valence-corrected chi connectivity index (χ4v) is 3.76. The van der Waals surface area contributed by atoms with Crippen molar-refractivity contribution < 1.29 is 10.1 Å². The molecule has 3 rings (SSSR count). The summed E-state index contributed by atoms with van der Waals surface area (Å²) in [5.74, 6) is 0. The van der Waals surface area contributed by atoms with Crippen LogP contribution in [0.3, 0.4) is 0 Å². The fraction of sp³-hybridized carbons (Fsp3) is 0.391. The number of hydrogen-bond acceptors (Lipinski definition) is 2. The first-order valence-electron chi connectivity index (χ1n) is 10.1. The second-order valence-electron chi connectivity index (χ2n) is 6.96. The standard InChI is InChI=1S/C21H25NO2.C2H6.I6/c1-13-14(2)16(4)21-20(15(13)3)17(5)19(12-24-23)22(21)11-18-9-7-6-8-10-18;1-2;1-5(2)6(3)4/h6-10,23H,11-12H2,1-5H3;1-2H3;. The minimum atomic E-state index is -0.314. The number of benzene rings is 2. The van der Waals surface area contributed by atoms with Crippen molar-refractivity contribution in [3.8, 4) is 0 Å². The number of nitrogens with zero attached hydrogens (tertiary/aromatic N) is 1. The SMILES string of the molecule is CC.Cc1c(C)c(C)c2c(c1C)c(C)c(COO)n2Cc1ccccc1.II(I)I(I)I. The van der Waals surface area contributed by atoms with Crippen molar-refractivity contribution >= 4 is 101 Å². The average Bonchev–Trinajstić information content (AvgIpc) is 3.05. The van der Waals surface area contributed by atoms with Crippen LogP contribution in [-0.4, -0.2) is 9.82 Å². The average molecular weight is 1110 g/mol. The summed E-state index contributed by atoms with van der Waals surface area (Å²) in [6, 6.07) is 10.4. The van der Waals surface area contributed by atoms with E-state index >= 15 is 0 Å². The molecular weight excluding hydrogens is 1080 g/mol. The molecule has 0 aliphatic carbocycles. The Kier molecular flexibility index (Phi) is 16.3. The Hall–Kier alpha value is 2.28. The number of rotatable bonds is 5. The zero-order valence-corrected chi connectivity index (χ0v) is 32.3. The first-order valence-corrected chi connectivity index (χ1v) is 41.5. The van der Waals surface area contributed by atoms with E-state index in [0.29, 0.717) is 0 Å². The molecule has 0 unspecified atom stereocenters. The van der Waals surface area contributed by atoms with Crippen LogP contribution in [-0.2, 0) is 18.0 Å². The van der Waals surface area contributed by atoms with Crippen LogP contribution in [0.2, 0.25) is 0 Å². The molecule has 0 aliphatic heterocycles. The van der Waals surface area contributed by atoms with Gasteiger partial charge in [-0.25, -0.2) is 4.89 Å². The summed E-state index contributed by atoms with van der Waals surface area (Å²) < 4.78 is 2.30. The van der Waals surface area contributed by atoms with E-state index < -0.39 is 0 Å². The zero-order valence-electron chi connectivity index (χ0n) is 19.4. The summed E-state index contributed by atoms with van der Waals surface area (Å²) in [7, 11) is -0.628. The second-order valence-corrected chi connectivity index (χ2v) is 104. The van der Waals surface area contributed by atoms with Crippen LogP contribution in [0.4, 0.5) is 0 Å². The van der Waals surface area contributed by atoms with Gasteiger partial charge < -0.3 is 4.57 Å². The molecule has 0 amide bonds. The molecule has 1 aromatic heterocycles. The van der Waals surface area contributed by atoms with Crippen LogP contribution in [0.15, 0.2) is 30.3 Å². The monoisotopic (exact) mass is 1110 g/mol. The van der Waals surface area contributed by atoms with Gasteiger partial charge in [0, 0.05) is 11.9 Å². The molecule has 0 aliphatic rings. The van der Waals surface area contributed by atoms with E-state index in [4.69, 9.17) is 5.26 Å². The van der Waals surface area contributed by atoms with Crippen molar-refractivity contribution in [3.05, 3.63) is 69.4 Å². The molecule has 0 atom stereocenters. The third kappa shape index (κ3) is 8.41. The molecule has 0 fully saturated rings. The van der Waals surface area contributed by atoms with E-state index in [1.807, 2.05) is 19.9 Å². The zero-order chi connectivity index (χ0) is 24.6. The van der Waals surface area contributed by atoms with Gasteiger partial charge in [-0.15, -0.1) is 0 Å². The van der Waals surface area contributed by atoms with Crippen molar-refractivity contribution in [3.63, 3.8) is 0 Å². The van der Waals surface area contributed by atoms with Crippen LogP contribution in [0.5, 0.6) is 0 Å². The molecule has 0 radical (unpaired) electrons. The van der Waals surface area contributed by atoms with E-state index in [1.54, 1.807) is 0 Å². The van der Waals surface area contributed by atoms with Gasteiger partial charge in [-0.3, -0.25) is 5.26 Å². The third-order valence-electron chi connectivity index (χ3n) is 5.52. The Balaban J connectivity index is 0.000000556. The van der Waals surface area contributed by atoms with Crippen LogP contribution < -0.4 is 0 Å². The maximum absolute atomic E-state index is 9.09. The van der Waals surface area contributed by atoms with Crippen molar-refractivity contribution in [1.82, 2.24) is 4.57 Å². The number of fused-ring (bicyclic) bond motifs is 1. The van der Waals surface area contributed by atoms with Crippen molar-refractivity contribution in [2.75, 3.05) is 0 Å². The summed E-state index contributed by atoms with van der Waals surface area (Å²) in [4.78, 5) is 4.54. The first kappa shape index (κ1) is 32.3. The van der Waals surface area contributed by atoms with Gasteiger partial charge >= 0.3 is 90.3 Å². The van der Waals surface area contributed by atoms with Crippen LogP contribution >= 0.6 is 90.3 Å². The molecule has 9 heteroatoms. The predicted molar refractivity (Wildman–Crippen MR) is 194 cm³/mol. The topological polar surface area (TPSA) is 34.4 Å². The molecule has 0 saturated carbocycles. The molecule has 1 heterocycles. The Morgan fingerprint density at radius 1 is 0.781 bits per heavy atom. The predicted octanol–water partition coefficient (Wildman–Crippen LogP) is 11.6. The number of halogens is 6. The normalized spacial score (nSPS) is 11.4. The van der Waals surface area contributed by atoms with Crippen molar-refractivity contribution in [2.24, 2.45) is 0 Å². The van der Waals surface area contributed by atoms with E-state index in [2.05, 4.69) is 143 Å². The van der Waals surface area contributed by atoms with E-state index in [1.165, 1.54) is 44.3 Å². The molecule has 32 heavy (non-hydrogen) atoms. The molecule has 3 aromatic rings. The second kappa shape index (κ2) is 16.2. The van der Waals surface area contributed by atoms with Crippen molar-refractivity contribution in [2.45, 2.75) is 61.6 Å². The molecule has 0 bridgehead atoms. The summed E-state index contributed by atoms with van der Waals surface area (Å²) >= 11 is 10.5. The molecular formula is C23H31I6NO2. The van der Waals surface area contributed by atoms with E-state index in [-0.39, 0.29) is 22.4 Å². The summed E-state index contributed by atoms with van der Waals surface area (Å²) in [5.41, 5.74) is 10.0. The Morgan fingerprint density at radius 3 is 1.75 bits per heavy atom. The maximum atomic E-state index is 9.09. The van der Waals surface area contributed by atoms with Gasteiger partial charge in [0.2, 0.25) is 0 Å². The molecule has 3 nitrogen and oxygen atoms in total. The van der Waals surface area contributed by atoms with E-state index in [9.17, 15) is 0 Å². The molecule has 0 spiro atoms. The Labute approximate surface area is 242 Å². The third-order valence-corrected chi connectivity index (χ3v) is 171. The van der Waals surface area contributed by atoms with Crippen LogP contribution in [0.25, 0.3) is 10.9 Å². The molecule has 1 N–H and O–H groups in total. The minimum absolute atomic E-state index is 0.199. The molecule has 182 valence electrons. The molecule has 2 aromatic carbocycles. The first-order chi connectivity index (χ1) is 15.1. The van der Waals surface area contributed by atoms with Gasteiger partial charge in [-0.05, 0) is 68.0 Å². The number of aromatic nitrogens is 1. The quantitative estimate of drug-likeness (QED) is 0.157. The van der Waals surface area contributed by atoms with Gasteiger partial charge in [-0.2, -0.15) is 0 Å². The Bertz CT molecular complexity index is 997. The van der Waals surface area contributed by atoms with Gasteiger partial charge in [0.25, 0.3) is 0 Å². The van der Waals surface area contributed by atoms with Crippen molar-refractivity contribution in [1.29, 1.82) is 0 Å². The Morgan fingerprint density at radius 2 is 1.28 bits per heavy atom. The number of aryl methyl sites for hydroxylation is 3. The van der Waals surface area contributed by atoms with Gasteiger partial charge in [-0.1, -0.05) is 44.2 Å². The van der Waals surface area contributed by atoms with Crippen LogP contribution in [0.1, 0.15) is 52.9 Å². The summed E-state index contributed by atoms with van der Waals surface area (Å²) in [5, 5.41) is 10.4. The number of hydrogen-bond donors (Lipinski definition) is 1. The van der Waals surface area contributed by atoms with Gasteiger partial charge in [0.1, 0.15) is 6.61 Å². The summed E-state index contributed by atoms with van der Waals surface area (Å²) in [6.07, 6.45) is 0. The summed E-state index contributed by atoms with van der Waals surface area (Å²) in [6.45, 7) is 15.8. The van der Waals surface area contributed by atoms with E-state index in [0.717, 1.165) is 12.2 Å². The van der Waals surface area contributed by atoms with Gasteiger partial charge in [0.05, 0.1) is 11.2 Å². The van der Waals surface area contributed by atoms with Gasteiger partial charge in [0.15, 0.2) is 0 Å². The molecule has 0 saturated heterocycles.